The average molecular weight is 1230 g/mol. The van der Waals surface area contributed by atoms with Crippen molar-refractivity contribution in [3.8, 4) is 112 Å². The number of ether oxygens (including phenoxy) is 6. The summed E-state index contributed by atoms with van der Waals surface area (Å²) < 4.78 is 41.7. The molecule has 1 aliphatic heterocycles. The van der Waals surface area contributed by atoms with Gasteiger partial charge in [-0.2, -0.15) is 0 Å². The molecule has 0 aromatic heterocycles. The maximum atomic E-state index is 7.30. The van der Waals surface area contributed by atoms with Crippen molar-refractivity contribution in [3.63, 3.8) is 0 Å². The minimum absolute atomic E-state index is 0.333. The van der Waals surface area contributed by atoms with E-state index in [4.69, 9.17) is 28.4 Å². The van der Waals surface area contributed by atoms with Crippen molar-refractivity contribution >= 4 is 0 Å². The average Bonchev–Trinajstić information content (AvgIpc) is 0.820. The molecule has 466 valence electrons. The Bertz CT molecular complexity index is 4120. The molecule has 0 N–H and O–H groups in total. The summed E-state index contributed by atoms with van der Waals surface area (Å²) in [4.78, 5) is 0. The van der Waals surface area contributed by atoms with Crippen LogP contribution in [0.3, 0.4) is 0 Å². The number of hydrogen-bond acceptors (Lipinski definition) is 6. The molecule has 2 aliphatic rings. The van der Waals surface area contributed by atoms with E-state index in [9.17, 15) is 0 Å². The van der Waals surface area contributed by atoms with Crippen LogP contribution < -0.4 is 18.9 Å². The quantitative estimate of drug-likeness (QED) is 0.108. The second-order valence-corrected chi connectivity index (χ2v) is 24.6. The van der Waals surface area contributed by atoms with Crippen LogP contribution in [0.25, 0.3) is 89.0 Å². The zero-order valence-electron chi connectivity index (χ0n) is 53.8. The van der Waals surface area contributed by atoms with Gasteiger partial charge in [-0.25, -0.2) is 0 Å². The van der Waals surface area contributed by atoms with Gasteiger partial charge in [0, 0.05) is 25.7 Å². The monoisotopic (exact) mass is 1230 g/mol. The summed E-state index contributed by atoms with van der Waals surface area (Å²) in [6.45, 7) is 7.72. The van der Waals surface area contributed by atoms with E-state index >= 15 is 0 Å². The molecule has 1 heterocycles. The van der Waals surface area contributed by atoms with E-state index in [1.807, 2.05) is 0 Å². The fourth-order valence-corrected chi connectivity index (χ4v) is 13.4. The van der Waals surface area contributed by atoms with Crippen LogP contribution in [0.15, 0.2) is 267 Å². The van der Waals surface area contributed by atoms with Gasteiger partial charge in [0.05, 0.1) is 39.6 Å². The largest absolute Gasteiger partial charge is 0.493 e. The Kier molecular flexibility index (Phi) is 19.0. The SMILES string of the molecule is CCCOc1c2cc(-c3ccc(-c4ccccc4)cc3)cc1Cc1cc(-c3ccc(-c4ccccc4)cc3)cc3c1OCCOCCOCCOc1c(cc(-c4ccc(-c5ccccc5)cc4)cc1Cc1cc(-c4ccc(-c5ccccc5)cc4)cc(c1OCCC)C3)C2. The van der Waals surface area contributed by atoms with Crippen LogP contribution in [0.1, 0.15) is 71.2 Å². The zero-order chi connectivity index (χ0) is 63.4. The molecular formula is C88H78O6. The third-order valence-electron chi connectivity index (χ3n) is 18.0. The fourth-order valence-electron chi connectivity index (χ4n) is 13.4. The summed E-state index contributed by atoms with van der Waals surface area (Å²) >= 11 is 0. The molecule has 10 bridgehead atoms. The van der Waals surface area contributed by atoms with Gasteiger partial charge >= 0.3 is 0 Å². The predicted molar refractivity (Wildman–Crippen MR) is 385 cm³/mol. The molecule has 0 saturated carbocycles. The first kappa shape index (κ1) is 61.3. The van der Waals surface area contributed by atoms with Crippen molar-refractivity contribution in [2.45, 2.75) is 52.4 Å². The lowest BCUT2D eigenvalue weighted by Gasteiger charge is -2.25. The van der Waals surface area contributed by atoms with Crippen molar-refractivity contribution in [3.05, 3.63) is 311 Å². The summed E-state index contributed by atoms with van der Waals surface area (Å²) in [5, 5.41) is 0. The summed E-state index contributed by atoms with van der Waals surface area (Å²) in [6, 6.07) is 97.4. The molecule has 0 atom stereocenters. The summed E-state index contributed by atoms with van der Waals surface area (Å²) in [5.41, 5.74) is 26.7. The third kappa shape index (κ3) is 14.1. The Hall–Kier alpha value is -10.2. The second-order valence-electron chi connectivity index (χ2n) is 24.6. The normalized spacial score (nSPS) is 13.3. The van der Waals surface area contributed by atoms with Crippen molar-refractivity contribution in [1.82, 2.24) is 0 Å². The molecule has 1 aliphatic carbocycles. The van der Waals surface area contributed by atoms with E-state index in [0.717, 1.165) is 147 Å². The maximum Gasteiger partial charge on any atom is 0.126 e. The standard InChI is InChI=1S/C88H78O6/c1-3-41-91-85-77-49-73(69-33-25-65(26-34-69)61-17-9-5-10-18-61)50-78(85)58-82-54-76(72-39-31-68(32-40-72)64-23-15-8-16-24-64)56-84-60-80-52-74(70-35-27-66(28-36-70)62-19-11-6-12-20-62)51-79(86(80)92-42-4-2)59-83-55-75(71-37-29-67(30-38-71)63-21-13-7-14-22-63)53-81(57-77)87(83)93-47-45-89-43-44-90-46-48-94-88(82)84/h5-40,49-56H,3-4,41-48,57-60H2,1-2H3. The third-order valence-corrected chi connectivity index (χ3v) is 18.0. The van der Waals surface area contributed by atoms with Gasteiger partial charge in [-0.05, 0) is 195 Å². The number of benzene rings is 12. The molecule has 14 rings (SSSR count). The van der Waals surface area contributed by atoms with Gasteiger partial charge in [-0.15, -0.1) is 0 Å². The van der Waals surface area contributed by atoms with Gasteiger partial charge in [0.2, 0.25) is 0 Å². The Balaban J connectivity index is 1.04. The van der Waals surface area contributed by atoms with Crippen LogP contribution >= 0.6 is 0 Å². The van der Waals surface area contributed by atoms with E-state index in [-0.39, 0.29) is 0 Å². The van der Waals surface area contributed by atoms with Crippen molar-refractivity contribution < 1.29 is 28.4 Å². The molecule has 94 heavy (non-hydrogen) atoms. The summed E-state index contributed by atoms with van der Waals surface area (Å²) in [5.74, 6) is 3.42. The number of rotatable bonds is 14. The highest BCUT2D eigenvalue weighted by Gasteiger charge is 2.26. The molecule has 12 aromatic carbocycles. The highest BCUT2D eigenvalue weighted by molar-refractivity contribution is 5.79. The highest BCUT2D eigenvalue weighted by atomic mass is 16.6. The topological polar surface area (TPSA) is 55.4 Å². The highest BCUT2D eigenvalue weighted by Crippen LogP contribution is 2.45. The van der Waals surface area contributed by atoms with E-state index in [0.29, 0.717) is 78.5 Å². The number of hydrogen-bond donors (Lipinski definition) is 0. The van der Waals surface area contributed by atoms with Gasteiger partial charge in [0.15, 0.2) is 0 Å². The van der Waals surface area contributed by atoms with E-state index in [1.165, 1.54) is 22.3 Å². The second kappa shape index (κ2) is 29.2. The first-order valence-electron chi connectivity index (χ1n) is 33.4. The molecule has 0 spiro atoms. The molecule has 0 unspecified atom stereocenters. The minimum atomic E-state index is 0.333. The van der Waals surface area contributed by atoms with Gasteiger partial charge in [0.1, 0.15) is 36.2 Å². The van der Waals surface area contributed by atoms with Crippen LogP contribution in [0, 0.1) is 0 Å². The molecule has 0 fully saturated rings. The first-order valence-corrected chi connectivity index (χ1v) is 33.4. The van der Waals surface area contributed by atoms with Gasteiger partial charge < -0.3 is 28.4 Å². The molecule has 12 aromatic rings. The van der Waals surface area contributed by atoms with Crippen LogP contribution in [0.4, 0.5) is 0 Å². The van der Waals surface area contributed by atoms with Gasteiger partial charge in [-0.3, -0.25) is 0 Å². The molecular weight excluding hydrogens is 1150 g/mol. The van der Waals surface area contributed by atoms with E-state index in [2.05, 4.69) is 281 Å². The van der Waals surface area contributed by atoms with Crippen molar-refractivity contribution in [2.75, 3.05) is 52.9 Å². The smallest absolute Gasteiger partial charge is 0.126 e. The Labute approximate surface area is 554 Å². The van der Waals surface area contributed by atoms with Crippen LogP contribution in [-0.4, -0.2) is 52.9 Å². The van der Waals surface area contributed by atoms with Crippen molar-refractivity contribution in [2.24, 2.45) is 0 Å². The maximum absolute atomic E-state index is 7.30. The first-order chi connectivity index (χ1) is 46.5. The van der Waals surface area contributed by atoms with Crippen molar-refractivity contribution in [1.29, 1.82) is 0 Å². The molecule has 6 heteroatoms. The molecule has 0 amide bonds. The Morgan fingerprint density at radius 3 is 0.670 bits per heavy atom. The summed E-state index contributed by atoms with van der Waals surface area (Å²) in [6.07, 6.45) is 3.71. The van der Waals surface area contributed by atoms with E-state index in [1.54, 1.807) is 0 Å². The summed E-state index contributed by atoms with van der Waals surface area (Å²) in [7, 11) is 0. The van der Waals surface area contributed by atoms with Gasteiger partial charge in [0.25, 0.3) is 0 Å². The van der Waals surface area contributed by atoms with Crippen LogP contribution in [0.5, 0.6) is 23.0 Å². The Morgan fingerprint density at radius 2 is 0.436 bits per heavy atom. The fraction of sp³-hybridized carbons (Fsp3) is 0.182. The zero-order valence-corrected chi connectivity index (χ0v) is 53.8. The lowest BCUT2D eigenvalue weighted by molar-refractivity contribution is 0.0271. The predicted octanol–water partition coefficient (Wildman–Crippen LogP) is 21.1. The van der Waals surface area contributed by atoms with Gasteiger partial charge in [-0.1, -0.05) is 232 Å². The minimum Gasteiger partial charge on any atom is -0.493 e. The molecule has 0 radical (unpaired) electrons. The number of fused-ring (bicyclic) bond motifs is 2. The lowest BCUT2D eigenvalue weighted by Crippen LogP contribution is -2.15. The molecule has 6 nitrogen and oxygen atoms in total. The lowest BCUT2D eigenvalue weighted by atomic mass is 9.86. The van der Waals surface area contributed by atoms with Crippen LogP contribution in [0.2, 0.25) is 0 Å². The van der Waals surface area contributed by atoms with E-state index < -0.39 is 0 Å². The van der Waals surface area contributed by atoms with Crippen LogP contribution in [-0.2, 0) is 35.2 Å². The Morgan fingerprint density at radius 1 is 0.234 bits per heavy atom. The molecule has 0 saturated heterocycles.